The minimum atomic E-state index is 0.0618. The van der Waals surface area contributed by atoms with Crippen molar-refractivity contribution in [2.24, 2.45) is 0 Å². The van der Waals surface area contributed by atoms with Gasteiger partial charge in [-0.25, -0.2) is 0 Å². The SMILES string of the molecule is O=C(COCCc1ccccc1)N1CCN(CCO)CC1. The summed E-state index contributed by atoms with van der Waals surface area (Å²) in [7, 11) is 0. The molecule has 0 saturated carbocycles. The van der Waals surface area contributed by atoms with Gasteiger partial charge in [0.15, 0.2) is 0 Å². The van der Waals surface area contributed by atoms with Gasteiger partial charge < -0.3 is 14.7 Å². The number of β-amino-alcohol motifs (C(OH)–C–C–N with tert-alkyl or cyclic N) is 1. The molecule has 5 heteroatoms. The highest BCUT2D eigenvalue weighted by Gasteiger charge is 2.20. The number of aliphatic hydroxyl groups excluding tert-OH is 1. The smallest absolute Gasteiger partial charge is 0.248 e. The first-order valence-corrected chi connectivity index (χ1v) is 7.52. The third kappa shape index (κ3) is 5.46. The highest BCUT2D eigenvalue weighted by atomic mass is 16.5. The average molecular weight is 292 g/mol. The number of hydrogen-bond donors (Lipinski definition) is 1. The van der Waals surface area contributed by atoms with Crippen LogP contribution in [0.3, 0.4) is 0 Å². The van der Waals surface area contributed by atoms with Crippen LogP contribution in [0.25, 0.3) is 0 Å². The number of carbonyl (C=O) groups excluding carboxylic acids is 1. The van der Waals surface area contributed by atoms with Gasteiger partial charge in [0.05, 0.1) is 13.2 Å². The van der Waals surface area contributed by atoms with Crippen molar-refractivity contribution in [2.45, 2.75) is 6.42 Å². The quantitative estimate of drug-likeness (QED) is 0.738. The van der Waals surface area contributed by atoms with Crippen molar-refractivity contribution in [1.29, 1.82) is 0 Å². The number of benzene rings is 1. The molecule has 116 valence electrons. The van der Waals surface area contributed by atoms with Crippen molar-refractivity contribution in [3.8, 4) is 0 Å². The van der Waals surface area contributed by atoms with E-state index in [1.54, 1.807) is 0 Å². The van der Waals surface area contributed by atoms with Crippen LogP contribution in [0.15, 0.2) is 30.3 Å². The molecule has 0 unspecified atom stereocenters. The Balaban J connectivity index is 1.60. The van der Waals surface area contributed by atoms with Gasteiger partial charge in [0.25, 0.3) is 0 Å². The van der Waals surface area contributed by atoms with Crippen LogP contribution in [0.5, 0.6) is 0 Å². The van der Waals surface area contributed by atoms with E-state index in [4.69, 9.17) is 9.84 Å². The van der Waals surface area contributed by atoms with Gasteiger partial charge in [-0.05, 0) is 12.0 Å². The molecule has 5 nitrogen and oxygen atoms in total. The van der Waals surface area contributed by atoms with Crippen LogP contribution >= 0.6 is 0 Å². The van der Waals surface area contributed by atoms with E-state index in [1.807, 2.05) is 23.1 Å². The molecule has 2 rings (SSSR count). The Hall–Kier alpha value is -1.43. The second-order valence-corrected chi connectivity index (χ2v) is 5.23. The van der Waals surface area contributed by atoms with Crippen LogP contribution in [-0.4, -0.2) is 73.4 Å². The first kappa shape index (κ1) is 15.9. The molecular weight excluding hydrogens is 268 g/mol. The van der Waals surface area contributed by atoms with Gasteiger partial charge >= 0.3 is 0 Å². The maximum absolute atomic E-state index is 12.0. The third-order valence-electron chi connectivity index (χ3n) is 3.74. The van der Waals surface area contributed by atoms with E-state index < -0.39 is 0 Å². The summed E-state index contributed by atoms with van der Waals surface area (Å²) < 4.78 is 5.48. The van der Waals surface area contributed by atoms with E-state index in [1.165, 1.54) is 5.56 Å². The highest BCUT2D eigenvalue weighted by Crippen LogP contribution is 2.03. The number of carbonyl (C=O) groups is 1. The predicted octanol–water partition coefficient (Wildman–Crippen LogP) is 0.382. The van der Waals surface area contributed by atoms with E-state index in [-0.39, 0.29) is 19.1 Å². The Morgan fingerprint density at radius 3 is 2.52 bits per heavy atom. The molecule has 1 N–H and O–H groups in total. The van der Waals surface area contributed by atoms with Crippen LogP contribution in [0.4, 0.5) is 0 Å². The van der Waals surface area contributed by atoms with E-state index in [2.05, 4.69) is 17.0 Å². The largest absolute Gasteiger partial charge is 0.395 e. The summed E-state index contributed by atoms with van der Waals surface area (Å²) in [5.41, 5.74) is 1.22. The number of piperazine rings is 1. The van der Waals surface area contributed by atoms with Crippen LogP contribution in [0.2, 0.25) is 0 Å². The van der Waals surface area contributed by atoms with E-state index >= 15 is 0 Å². The number of amides is 1. The number of ether oxygens (including phenoxy) is 1. The van der Waals surface area contributed by atoms with Crippen LogP contribution in [0, 0.1) is 0 Å². The number of hydrogen-bond acceptors (Lipinski definition) is 4. The lowest BCUT2D eigenvalue weighted by atomic mass is 10.2. The van der Waals surface area contributed by atoms with E-state index in [9.17, 15) is 4.79 Å². The fraction of sp³-hybridized carbons (Fsp3) is 0.562. The van der Waals surface area contributed by atoms with Crippen molar-refractivity contribution in [1.82, 2.24) is 9.80 Å². The summed E-state index contributed by atoms with van der Waals surface area (Å²) in [4.78, 5) is 16.0. The zero-order valence-electron chi connectivity index (χ0n) is 12.4. The molecule has 1 heterocycles. The Labute approximate surface area is 126 Å². The molecule has 1 aliphatic heterocycles. The maximum atomic E-state index is 12.0. The normalized spacial score (nSPS) is 16.1. The van der Waals surface area contributed by atoms with Gasteiger partial charge in [-0.2, -0.15) is 0 Å². The van der Waals surface area contributed by atoms with Gasteiger partial charge in [0, 0.05) is 32.7 Å². The van der Waals surface area contributed by atoms with Gasteiger partial charge in [0.1, 0.15) is 6.61 Å². The summed E-state index contributed by atoms with van der Waals surface area (Å²) >= 11 is 0. The number of rotatable bonds is 7. The Bertz CT molecular complexity index is 417. The molecule has 0 bridgehead atoms. The number of aliphatic hydroxyl groups is 1. The zero-order valence-corrected chi connectivity index (χ0v) is 12.4. The zero-order chi connectivity index (χ0) is 14.9. The molecule has 0 aliphatic carbocycles. The molecule has 0 spiro atoms. The molecule has 1 aromatic rings. The van der Waals surface area contributed by atoms with Crippen molar-refractivity contribution in [3.63, 3.8) is 0 Å². The molecule has 1 amide bonds. The lowest BCUT2D eigenvalue weighted by Crippen LogP contribution is -2.50. The molecular formula is C16H24N2O3. The molecule has 0 radical (unpaired) electrons. The molecule has 1 saturated heterocycles. The maximum Gasteiger partial charge on any atom is 0.248 e. The second-order valence-electron chi connectivity index (χ2n) is 5.23. The molecule has 1 aliphatic rings. The summed E-state index contributed by atoms with van der Waals surface area (Å²) in [5, 5.41) is 8.89. The van der Waals surface area contributed by atoms with E-state index in [0.717, 1.165) is 32.6 Å². The summed E-state index contributed by atoms with van der Waals surface area (Å²) in [6.07, 6.45) is 0.832. The Kier molecular flexibility index (Phi) is 6.66. The number of nitrogens with zero attached hydrogens (tertiary/aromatic N) is 2. The van der Waals surface area contributed by atoms with Crippen molar-refractivity contribution in [2.75, 3.05) is 52.5 Å². The van der Waals surface area contributed by atoms with E-state index in [0.29, 0.717) is 13.2 Å². The van der Waals surface area contributed by atoms with Gasteiger partial charge in [0.2, 0.25) is 5.91 Å². The average Bonchev–Trinajstić information content (AvgIpc) is 2.53. The molecule has 0 atom stereocenters. The van der Waals surface area contributed by atoms with Crippen molar-refractivity contribution >= 4 is 5.91 Å². The summed E-state index contributed by atoms with van der Waals surface area (Å²) in [5.74, 6) is 0.0618. The molecule has 21 heavy (non-hydrogen) atoms. The first-order chi connectivity index (χ1) is 10.3. The fourth-order valence-corrected chi connectivity index (χ4v) is 2.45. The van der Waals surface area contributed by atoms with Gasteiger partial charge in [-0.15, -0.1) is 0 Å². The first-order valence-electron chi connectivity index (χ1n) is 7.52. The standard InChI is InChI=1S/C16H24N2O3/c19-12-11-17-7-9-18(10-8-17)16(20)14-21-13-6-15-4-2-1-3-5-15/h1-5,19H,6-14H2. The van der Waals surface area contributed by atoms with Gasteiger partial charge in [-0.3, -0.25) is 9.69 Å². The summed E-state index contributed by atoms with van der Waals surface area (Å²) in [6, 6.07) is 10.1. The molecule has 0 aromatic heterocycles. The highest BCUT2D eigenvalue weighted by molar-refractivity contribution is 5.77. The molecule has 1 aromatic carbocycles. The molecule has 1 fully saturated rings. The van der Waals surface area contributed by atoms with Crippen molar-refractivity contribution in [3.05, 3.63) is 35.9 Å². The second kappa shape index (κ2) is 8.77. The summed E-state index contributed by atoms with van der Waals surface area (Å²) in [6.45, 7) is 4.70. The Morgan fingerprint density at radius 1 is 1.14 bits per heavy atom. The lowest BCUT2D eigenvalue weighted by Gasteiger charge is -2.34. The van der Waals surface area contributed by atoms with Crippen LogP contribution < -0.4 is 0 Å². The lowest BCUT2D eigenvalue weighted by molar-refractivity contribution is -0.137. The van der Waals surface area contributed by atoms with Crippen LogP contribution in [-0.2, 0) is 16.0 Å². The monoisotopic (exact) mass is 292 g/mol. The fourth-order valence-electron chi connectivity index (χ4n) is 2.45. The van der Waals surface area contributed by atoms with Crippen molar-refractivity contribution < 1.29 is 14.6 Å². The third-order valence-corrected chi connectivity index (χ3v) is 3.74. The van der Waals surface area contributed by atoms with Crippen LogP contribution in [0.1, 0.15) is 5.56 Å². The predicted molar refractivity (Wildman–Crippen MR) is 81.1 cm³/mol. The Morgan fingerprint density at radius 2 is 1.86 bits per heavy atom. The minimum absolute atomic E-state index is 0.0618. The topological polar surface area (TPSA) is 53.0 Å². The minimum Gasteiger partial charge on any atom is -0.395 e. The van der Waals surface area contributed by atoms with Gasteiger partial charge in [-0.1, -0.05) is 30.3 Å².